The molecule has 17 heavy (non-hydrogen) atoms. The van der Waals surface area contributed by atoms with Gasteiger partial charge in [0, 0.05) is 35.1 Å². The van der Waals surface area contributed by atoms with Crippen LogP contribution in [0.5, 0.6) is 0 Å². The van der Waals surface area contributed by atoms with Crippen LogP contribution < -0.4 is 5.32 Å². The maximum atomic E-state index is 3.82. The quantitative estimate of drug-likeness (QED) is 0.840. The zero-order valence-electron chi connectivity index (χ0n) is 11.3. The van der Waals surface area contributed by atoms with Crippen molar-refractivity contribution in [3.05, 3.63) is 0 Å². The van der Waals surface area contributed by atoms with Crippen LogP contribution >= 0.6 is 23.5 Å². The maximum absolute atomic E-state index is 3.82. The van der Waals surface area contributed by atoms with E-state index >= 15 is 0 Å². The Bertz CT molecular complexity index is 206. The smallest absolute Gasteiger partial charge is 0.0263 e. The summed E-state index contributed by atoms with van der Waals surface area (Å²) in [5, 5.41) is 4.69. The monoisotopic (exact) mass is 273 g/mol. The summed E-state index contributed by atoms with van der Waals surface area (Å²) in [5.41, 5.74) is 0. The molecule has 2 aliphatic rings. The Kier molecular flexibility index (Phi) is 6.04. The third kappa shape index (κ3) is 4.68. The van der Waals surface area contributed by atoms with Crippen LogP contribution in [-0.4, -0.2) is 35.1 Å². The van der Waals surface area contributed by atoms with E-state index in [9.17, 15) is 0 Å². The molecule has 0 spiro atoms. The average Bonchev–Trinajstić information content (AvgIpc) is 2.38. The summed E-state index contributed by atoms with van der Waals surface area (Å²) >= 11 is 4.31. The highest BCUT2D eigenvalue weighted by Crippen LogP contribution is 2.30. The molecule has 2 fully saturated rings. The molecule has 0 aromatic heterocycles. The van der Waals surface area contributed by atoms with Gasteiger partial charge in [0.15, 0.2) is 0 Å². The Balaban J connectivity index is 1.61. The minimum absolute atomic E-state index is 0.817. The first-order valence-corrected chi connectivity index (χ1v) is 9.38. The molecule has 1 nitrogen and oxygen atoms in total. The predicted molar refractivity (Wildman–Crippen MR) is 82.2 cm³/mol. The van der Waals surface area contributed by atoms with E-state index in [2.05, 4.69) is 42.7 Å². The van der Waals surface area contributed by atoms with Crippen LogP contribution in [0.15, 0.2) is 0 Å². The fraction of sp³-hybridized carbons (Fsp3) is 1.00. The molecule has 1 saturated heterocycles. The molecule has 1 heterocycles. The van der Waals surface area contributed by atoms with Gasteiger partial charge in [0.25, 0.3) is 0 Å². The lowest BCUT2D eigenvalue weighted by Crippen LogP contribution is -2.39. The molecule has 1 saturated carbocycles. The lowest BCUT2D eigenvalue weighted by atomic mass is 9.80. The van der Waals surface area contributed by atoms with Crippen LogP contribution in [0.1, 0.15) is 39.5 Å². The van der Waals surface area contributed by atoms with Gasteiger partial charge in [0.1, 0.15) is 0 Å². The van der Waals surface area contributed by atoms with Gasteiger partial charge in [-0.25, -0.2) is 0 Å². The Hall–Kier alpha value is 0.660. The van der Waals surface area contributed by atoms with Crippen molar-refractivity contribution in [3.63, 3.8) is 0 Å². The van der Waals surface area contributed by atoms with Crippen LogP contribution in [0.25, 0.3) is 0 Å². The fourth-order valence-corrected chi connectivity index (χ4v) is 5.57. The normalized spacial score (nSPS) is 35.1. The van der Waals surface area contributed by atoms with Crippen molar-refractivity contribution in [1.82, 2.24) is 5.32 Å². The second-order valence-corrected chi connectivity index (χ2v) is 8.39. The van der Waals surface area contributed by atoms with Gasteiger partial charge < -0.3 is 5.32 Å². The number of thioether (sulfide) groups is 2. The van der Waals surface area contributed by atoms with Gasteiger partial charge in [0.2, 0.25) is 0 Å². The van der Waals surface area contributed by atoms with Gasteiger partial charge in [-0.15, -0.1) is 0 Å². The van der Waals surface area contributed by atoms with E-state index in [-0.39, 0.29) is 0 Å². The summed E-state index contributed by atoms with van der Waals surface area (Å²) in [5.74, 6) is 5.96. The van der Waals surface area contributed by atoms with Gasteiger partial charge >= 0.3 is 0 Å². The number of hydrogen-bond acceptors (Lipinski definition) is 3. The summed E-state index contributed by atoms with van der Waals surface area (Å²) < 4.78 is 0. The molecular weight excluding hydrogens is 246 g/mol. The van der Waals surface area contributed by atoms with Crippen LogP contribution in [0.2, 0.25) is 0 Å². The Morgan fingerprint density at radius 3 is 2.47 bits per heavy atom. The van der Waals surface area contributed by atoms with E-state index in [0.717, 1.165) is 23.1 Å². The summed E-state index contributed by atoms with van der Waals surface area (Å²) in [6.45, 7) is 6.01. The van der Waals surface area contributed by atoms with Gasteiger partial charge in [-0.2, -0.15) is 23.5 Å². The molecular formula is C14H27NS2. The molecule has 0 aromatic rings. The Morgan fingerprint density at radius 1 is 1.12 bits per heavy atom. The van der Waals surface area contributed by atoms with Gasteiger partial charge in [0.05, 0.1) is 0 Å². The second-order valence-electron chi connectivity index (χ2n) is 5.83. The van der Waals surface area contributed by atoms with Gasteiger partial charge in [-0.05, 0) is 37.5 Å². The SMILES string of the molecule is CC(C)C1CCC(NCC2CSCCS2)CC1. The summed E-state index contributed by atoms with van der Waals surface area (Å²) in [4.78, 5) is 0. The number of hydrogen-bond donors (Lipinski definition) is 1. The average molecular weight is 274 g/mol. The standard InChI is InChI=1S/C14H27NS2/c1-11(2)12-3-5-13(6-4-12)15-9-14-10-16-7-8-17-14/h11-15H,3-10H2,1-2H3. The van der Waals surface area contributed by atoms with E-state index in [4.69, 9.17) is 0 Å². The van der Waals surface area contributed by atoms with E-state index < -0.39 is 0 Å². The van der Waals surface area contributed by atoms with Crippen molar-refractivity contribution in [3.8, 4) is 0 Å². The second kappa shape index (κ2) is 7.30. The summed E-state index contributed by atoms with van der Waals surface area (Å²) in [7, 11) is 0. The van der Waals surface area contributed by atoms with Crippen molar-refractivity contribution >= 4 is 23.5 Å². The molecule has 1 N–H and O–H groups in total. The molecule has 0 amide bonds. The molecule has 100 valence electrons. The van der Waals surface area contributed by atoms with Gasteiger partial charge in [-0.1, -0.05) is 13.8 Å². The largest absolute Gasteiger partial charge is 0.313 e. The summed E-state index contributed by atoms with van der Waals surface area (Å²) in [6, 6.07) is 0.817. The lowest BCUT2D eigenvalue weighted by Gasteiger charge is -2.32. The zero-order chi connectivity index (χ0) is 12.1. The van der Waals surface area contributed by atoms with Crippen molar-refractivity contribution in [2.75, 3.05) is 23.8 Å². The predicted octanol–water partition coefficient (Wildman–Crippen LogP) is 3.64. The molecule has 0 bridgehead atoms. The minimum Gasteiger partial charge on any atom is -0.313 e. The van der Waals surface area contributed by atoms with E-state index in [0.29, 0.717) is 0 Å². The zero-order valence-corrected chi connectivity index (χ0v) is 12.9. The van der Waals surface area contributed by atoms with E-state index in [1.165, 1.54) is 49.5 Å². The van der Waals surface area contributed by atoms with Crippen molar-refractivity contribution in [2.24, 2.45) is 11.8 Å². The van der Waals surface area contributed by atoms with E-state index in [1.807, 2.05) is 0 Å². The molecule has 2 rings (SSSR count). The maximum Gasteiger partial charge on any atom is 0.0263 e. The first-order valence-electron chi connectivity index (χ1n) is 7.18. The first-order chi connectivity index (χ1) is 8.25. The molecule has 1 atom stereocenters. The molecule has 0 aromatic carbocycles. The van der Waals surface area contributed by atoms with Crippen molar-refractivity contribution in [1.29, 1.82) is 0 Å². The molecule has 0 radical (unpaired) electrons. The highest BCUT2D eigenvalue weighted by molar-refractivity contribution is 8.06. The third-order valence-corrected chi connectivity index (χ3v) is 7.08. The van der Waals surface area contributed by atoms with Crippen LogP contribution in [0.4, 0.5) is 0 Å². The van der Waals surface area contributed by atoms with Crippen molar-refractivity contribution in [2.45, 2.75) is 50.8 Å². The molecule has 3 heteroatoms. The van der Waals surface area contributed by atoms with E-state index in [1.54, 1.807) is 0 Å². The highest BCUT2D eigenvalue weighted by Gasteiger charge is 2.23. The molecule has 1 unspecified atom stereocenters. The van der Waals surface area contributed by atoms with Crippen LogP contribution in [0, 0.1) is 11.8 Å². The summed E-state index contributed by atoms with van der Waals surface area (Å²) in [6.07, 6.45) is 5.71. The third-order valence-electron chi connectivity index (χ3n) is 4.23. The molecule has 1 aliphatic heterocycles. The Morgan fingerprint density at radius 2 is 1.88 bits per heavy atom. The van der Waals surface area contributed by atoms with Crippen molar-refractivity contribution < 1.29 is 0 Å². The highest BCUT2D eigenvalue weighted by atomic mass is 32.2. The number of rotatable bonds is 4. The fourth-order valence-electron chi connectivity index (χ4n) is 2.94. The first kappa shape index (κ1) is 14.1. The Labute approximate surface area is 115 Å². The topological polar surface area (TPSA) is 12.0 Å². The number of nitrogens with one attached hydrogen (secondary N) is 1. The molecule has 1 aliphatic carbocycles. The minimum atomic E-state index is 0.817. The van der Waals surface area contributed by atoms with Crippen LogP contribution in [-0.2, 0) is 0 Å². The van der Waals surface area contributed by atoms with Crippen LogP contribution in [0.3, 0.4) is 0 Å². The van der Waals surface area contributed by atoms with Gasteiger partial charge in [-0.3, -0.25) is 0 Å². The lowest BCUT2D eigenvalue weighted by molar-refractivity contribution is 0.239.